The van der Waals surface area contributed by atoms with E-state index in [1.807, 2.05) is 19.1 Å². The van der Waals surface area contributed by atoms with Crippen LogP contribution in [0.5, 0.6) is 0 Å². The van der Waals surface area contributed by atoms with Crippen molar-refractivity contribution >= 4 is 31.8 Å². The van der Waals surface area contributed by atoms with Gasteiger partial charge in [0.15, 0.2) is 11.6 Å². The first-order valence-electron chi connectivity index (χ1n) is 13.3. The Kier molecular flexibility index (Phi) is 7.25. The van der Waals surface area contributed by atoms with Crippen LogP contribution in [0.1, 0.15) is 18.1 Å². The van der Waals surface area contributed by atoms with Crippen LogP contribution in [0.4, 0.5) is 8.78 Å². The molecular weight excluding hydrogens is 560 g/mol. The number of aryl methyl sites for hydroxylation is 1. The number of H-pyrrole nitrogens is 2. The molecule has 3 N–H and O–H groups in total. The van der Waals surface area contributed by atoms with E-state index >= 15 is 4.39 Å². The smallest absolute Gasteiger partial charge is 0.157 e. The van der Waals surface area contributed by atoms with Gasteiger partial charge >= 0.3 is 0 Å². The molecule has 0 aliphatic carbocycles. The van der Waals surface area contributed by atoms with Gasteiger partial charge in [0.05, 0.1) is 17.0 Å². The van der Waals surface area contributed by atoms with Gasteiger partial charge in [-0.05, 0) is 72.1 Å². The fourth-order valence-corrected chi connectivity index (χ4v) is 5.54. The third-order valence-electron chi connectivity index (χ3n) is 6.95. The minimum Gasteiger partial charge on any atom is -0.337 e. The van der Waals surface area contributed by atoms with Gasteiger partial charge in [-0.2, -0.15) is 5.10 Å². The predicted octanol–water partition coefficient (Wildman–Crippen LogP) is 5.21. The lowest BCUT2D eigenvalue weighted by molar-refractivity contribution is 0.600. The highest BCUT2D eigenvalue weighted by atomic mass is 32.2. The molecule has 4 aromatic heterocycles. The van der Waals surface area contributed by atoms with Crippen LogP contribution in [-0.4, -0.2) is 57.1 Å². The summed E-state index contributed by atoms with van der Waals surface area (Å²) in [6.45, 7) is 3.50. The zero-order chi connectivity index (χ0) is 29.4. The summed E-state index contributed by atoms with van der Waals surface area (Å²) in [4.78, 5) is 16.8. The average Bonchev–Trinajstić information content (AvgIpc) is 3.59. The van der Waals surface area contributed by atoms with Gasteiger partial charge < -0.3 is 10.3 Å². The van der Waals surface area contributed by atoms with Crippen LogP contribution in [0.25, 0.3) is 55.8 Å². The molecule has 4 heterocycles. The molecule has 0 amide bonds. The Hall–Kier alpha value is -4.55. The SMILES string of the molecule is CCNCc1cncc(-c2cc(F)c3n[nH]c(-c4nc5c(-c6cc(F)cc(CCS(C)(=O)=O)c6)nccc5[nH]4)c3c2)c1. The number of aromatic amines is 2. The second-order valence-corrected chi connectivity index (χ2v) is 12.4. The molecule has 42 heavy (non-hydrogen) atoms. The van der Waals surface area contributed by atoms with E-state index in [0.29, 0.717) is 56.9 Å². The molecule has 6 rings (SSSR count). The van der Waals surface area contributed by atoms with Gasteiger partial charge in [-0.25, -0.2) is 22.2 Å². The van der Waals surface area contributed by atoms with Crippen molar-refractivity contribution < 1.29 is 17.2 Å². The minimum absolute atomic E-state index is 0.0957. The average molecular weight is 588 g/mol. The number of nitrogens with one attached hydrogen (secondary N) is 3. The lowest BCUT2D eigenvalue weighted by Crippen LogP contribution is -2.11. The maximum absolute atomic E-state index is 15.2. The van der Waals surface area contributed by atoms with Crippen molar-refractivity contribution in [3.8, 4) is 33.9 Å². The molecule has 0 aliphatic rings. The van der Waals surface area contributed by atoms with E-state index in [1.54, 1.807) is 30.7 Å². The summed E-state index contributed by atoms with van der Waals surface area (Å²) in [6.07, 6.45) is 6.37. The molecule has 0 fully saturated rings. The number of benzene rings is 2. The van der Waals surface area contributed by atoms with Crippen LogP contribution in [0.3, 0.4) is 0 Å². The van der Waals surface area contributed by atoms with Crippen LogP contribution in [0.15, 0.2) is 61.1 Å². The summed E-state index contributed by atoms with van der Waals surface area (Å²) in [6, 6.07) is 11.4. The summed E-state index contributed by atoms with van der Waals surface area (Å²) in [5.74, 6) is -0.674. The zero-order valence-electron chi connectivity index (χ0n) is 22.9. The molecule has 0 saturated carbocycles. The summed E-state index contributed by atoms with van der Waals surface area (Å²) >= 11 is 0. The maximum Gasteiger partial charge on any atom is 0.157 e. The highest BCUT2D eigenvalue weighted by Crippen LogP contribution is 2.34. The van der Waals surface area contributed by atoms with E-state index in [0.717, 1.165) is 23.9 Å². The third-order valence-corrected chi connectivity index (χ3v) is 7.90. The van der Waals surface area contributed by atoms with Crippen molar-refractivity contribution in [2.45, 2.75) is 19.9 Å². The molecule has 214 valence electrons. The third kappa shape index (κ3) is 5.63. The highest BCUT2D eigenvalue weighted by Gasteiger charge is 2.19. The van der Waals surface area contributed by atoms with Gasteiger partial charge in [0, 0.05) is 47.9 Å². The number of sulfone groups is 1. The topological polar surface area (TPSA) is 129 Å². The predicted molar refractivity (Wildman–Crippen MR) is 158 cm³/mol. The Morgan fingerprint density at radius 2 is 1.79 bits per heavy atom. The number of aromatic nitrogens is 6. The van der Waals surface area contributed by atoms with E-state index < -0.39 is 21.5 Å². The Bertz CT molecular complexity index is 2050. The van der Waals surface area contributed by atoms with Gasteiger partial charge in [0.2, 0.25) is 0 Å². The highest BCUT2D eigenvalue weighted by molar-refractivity contribution is 7.90. The van der Waals surface area contributed by atoms with Crippen LogP contribution in [0.2, 0.25) is 0 Å². The molecule has 0 radical (unpaired) electrons. The molecule has 9 nitrogen and oxygen atoms in total. The summed E-state index contributed by atoms with van der Waals surface area (Å²) in [7, 11) is -3.22. The second kappa shape index (κ2) is 11.0. The van der Waals surface area contributed by atoms with Crippen LogP contribution in [0, 0.1) is 11.6 Å². The van der Waals surface area contributed by atoms with Crippen molar-refractivity contribution in [3.05, 3.63) is 83.8 Å². The lowest BCUT2D eigenvalue weighted by atomic mass is 10.0. The number of imidazole rings is 1. The summed E-state index contributed by atoms with van der Waals surface area (Å²) < 4.78 is 53.1. The van der Waals surface area contributed by atoms with Gasteiger partial charge in [-0.1, -0.05) is 6.92 Å². The van der Waals surface area contributed by atoms with E-state index in [4.69, 9.17) is 4.98 Å². The molecule has 0 saturated heterocycles. The Balaban J connectivity index is 1.42. The molecule has 12 heteroatoms. The monoisotopic (exact) mass is 587 g/mol. The normalized spacial score (nSPS) is 12.0. The molecule has 0 spiro atoms. The fraction of sp³-hybridized carbons (Fsp3) is 0.200. The maximum atomic E-state index is 15.2. The number of hydrogen-bond donors (Lipinski definition) is 3. The Labute approximate surface area is 240 Å². The van der Waals surface area contributed by atoms with E-state index in [-0.39, 0.29) is 17.7 Å². The number of pyridine rings is 2. The molecule has 0 aliphatic heterocycles. The van der Waals surface area contributed by atoms with Crippen molar-refractivity contribution in [2.24, 2.45) is 0 Å². The lowest BCUT2D eigenvalue weighted by Gasteiger charge is -2.07. The van der Waals surface area contributed by atoms with Crippen molar-refractivity contribution in [1.29, 1.82) is 0 Å². The van der Waals surface area contributed by atoms with Gasteiger partial charge in [-0.3, -0.25) is 15.1 Å². The largest absolute Gasteiger partial charge is 0.337 e. The zero-order valence-corrected chi connectivity index (χ0v) is 23.7. The fourth-order valence-electron chi connectivity index (χ4n) is 4.93. The van der Waals surface area contributed by atoms with Crippen molar-refractivity contribution in [1.82, 2.24) is 35.5 Å². The van der Waals surface area contributed by atoms with Crippen LogP contribution >= 0.6 is 0 Å². The standard InChI is InChI=1S/C30H27F2N7O2S/c1-3-33-14-18-9-21(16-34-15-18)19-12-23-27(24(32)13-19)38-39-28(23)30-36-25-4-6-35-26(29(25)37-30)20-8-17(10-22(31)11-20)5-7-42(2,40)41/h4,6,8-13,15-16,33H,3,5,7,14H2,1-2H3,(H,36,37)(H,38,39). The number of rotatable bonds is 9. The minimum atomic E-state index is -3.22. The molecule has 0 bridgehead atoms. The number of hydrogen-bond acceptors (Lipinski definition) is 7. The first kappa shape index (κ1) is 27.6. The second-order valence-electron chi connectivity index (χ2n) is 10.2. The molecular formula is C30H27F2N7O2S. The first-order chi connectivity index (χ1) is 20.2. The van der Waals surface area contributed by atoms with Gasteiger partial charge in [-0.15, -0.1) is 0 Å². The summed E-state index contributed by atoms with van der Waals surface area (Å²) in [5, 5.41) is 10.9. The van der Waals surface area contributed by atoms with E-state index in [1.165, 1.54) is 18.2 Å². The molecule has 0 atom stereocenters. The van der Waals surface area contributed by atoms with Crippen LogP contribution < -0.4 is 5.32 Å². The molecule has 6 aromatic rings. The van der Waals surface area contributed by atoms with E-state index in [2.05, 4.69) is 30.5 Å². The van der Waals surface area contributed by atoms with Crippen molar-refractivity contribution in [3.63, 3.8) is 0 Å². The van der Waals surface area contributed by atoms with E-state index in [9.17, 15) is 12.8 Å². The summed E-state index contributed by atoms with van der Waals surface area (Å²) in [5.41, 5.74) is 5.60. The number of fused-ring (bicyclic) bond motifs is 2. The van der Waals surface area contributed by atoms with Gasteiger partial charge in [0.25, 0.3) is 0 Å². The number of nitrogens with zero attached hydrogens (tertiary/aromatic N) is 4. The quantitative estimate of drug-likeness (QED) is 0.212. The Morgan fingerprint density at radius 1 is 0.952 bits per heavy atom. The Morgan fingerprint density at radius 3 is 2.60 bits per heavy atom. The first-order valence-corrected chi connectivity index (χ1v) is 15.4. The number of halogens is 2. The molecule has 0 unspecified atom stereocenters. The molecule has 2 aromatic carbocycles. The van der Waals surface area contributed by atoms with Crippen LogP contribution in [-0.2, 0) is 22.8 Å². The van der Waals surface area contributed by atoms with Crippen molar-refractivity contribution in [2.75, 3.05) is 18.6 Å². The van der Waals surface area contributed by atoms with Gasteiger partial charge in [0.1, 0.15) is 32.4 Å².